The van der Waals surface area contributed by atoms with Crippen molar-refractivity contribution in [3.05, 3.63) is 36.4 Å². The second kappa shape index (κ2) is 23.7. The van der Waals surface area contributed by atoms with E-state index in [0.29, 0.717) is 51.7 Å². The summed E-state index contributed by atoms with van der Waals surface area (Å²) in [5.41, 5.74) is -5.65. The number of hydrogen-bond donors (Lipinski definition) is 0. The molecule has 0 aliphatic carbocycles. The van der Waals surface area contributed by atoms with Crippen LogP contribution in [0.25, 0.3) is 0 Å². The summed E-state index contributed by atoms with van der Waals surface area (Å²) in [5.74, 6) is 5.44. The SMILES string of the molecule is CC(C)Oc1cc(OC(C)C)c([S+](c2c(OC(C)C)cc(OC(C)C)cc2OC(C)C)c2c(OC(C)C)cc(OC(C)C)cc2OC(C)C)c(OC(C)C)c1.O=S(=O)([O-])C(F)(F)F. The van der Waals surface area contributed by atoms with Gasteiger partial charge in [-0.25, -0.2) is 8.42 Å². The van der Waals surface area contributed by atoms with Gasteiger partial charge in [0.05, 0.1) is 54.9 Å². The molecule has 0 spiro atoms. The Labute approximate surface area is 376 Å². The van der Waals surface area contributed by atoms with Crippen molar-refractivity contribution in [3.8, 4) is 51.7 Å². The van der Waals surface area contributed by atoms with Gasteiger partial charge in [-0.05, 0) is 125 Å². The van der Waals surface area contributed by atoms with Crippen LogP contribution in [0.15, 0.2) is 51.1 Å². The van der Waals surface area contributed by atoms with Crippen LogP contribution in [0.1, 0.15) is 125 Å². The molecule has 0 saturated carbocycles. The van der Waals surface area contributed by atoms with Crippen molar-refractivity contribution in [2.24, 2.45) is 0 Å². The Bertz CT molecular complexity index is 1720. The van der Waals surface area contributed by atoms with Crippen molar-refractivity contribution >= 4 is 21.0 Å². The number of ether oxygens (including phenoxy) is 9. The normalized spacial score (nSPS) is 12.3. The van der Waals surface area contributed by atoms with Gasteiger partial charge in [0.25, 0.3) is 14.7 Å². The number of rotatable bonds is 21. The Kier molecular flexibility index (Phi) is 20.7. The summed E-state index contributed by atoms with van der Waals surface area (Å²) in [6.45, 7) is 36.2. The molecule has 0 atom stereocenters. The lowest BCUT2D eigenvalue weighted by molar-refractivity contribution is -0.0518. The van der Waals surface area contributed by atoms with Crippen LogP contribution in [0.2, 0.25) is 0 Å². The molecule has 0 saturated heterocycles. The van der Waals surface area contributed by atoms with Gasteiger partial charge in [0, 0.05) is 36.4 Å². The van der Waals surface area contributed by atoms with E-state index >= 15 is 0 Å². The van der Waals surface area contributed by atoms with E-state index in [-0.39, 0.29) is 54.9 Å². The van der Waals surface area contributed by atoms with Crippen LogP contribution in [0, 0.1) is 0 Å². The molecule has 3 aromatic carbocycles. The molecule has 0 N–H and O–H groups in total. The zero-order chi connectivity index (χ0) is 48.3. The van der Waals surface area contributed by atoms with Gasteiger partial charge in [-0.15, -0.1) is 0 Å². The molecular weight excluding hydrogens is 866 g/mol. The fraction of sp³-hybridized carbons (Fsp3) is 0.609. The third-order valence-electron chi connectivity index (χ3n) is 7.17. The number of alkyl halides is 3. The lowest BCUT2D eigenvalue weighted by Gasteiger charge is -2.26. The van der Waals surface area contributed by atoms with Gasteiger partial charge in [-0.2, -0.15) is 13.2 Å². The standard InChI is InChI=1S/C45H69O9S.CHF3O3S/c1-25(2)46-34-19-37(49-28(7)8)43(38(20-34)50-29(9)10)55(44-39(51-30(11)12)21-35(47-26(3)4)22-40(44)52-31(13)14)45-41(53-32(15)16)23-36(48-27(5)6)24-42(45)54-33(17)18;2-1(3,4)8(5,6)7/h19-33H,1-18H3;(H,5,6,7)/q+1;/p-1. The highest BCUT2D eigenvalue weighted by molar-refractivity contribution is 7.97. The Balaban J connectivity index is 0.00000155. The molecule has 12 nitrogen and oxygen atoms in total. The van der Waals surface area contributed by atoms with E-state index in [9.17, 15) is 13.2 Å². The summed E-state index contributed by atoms with van der Waals surface area (Å²) in [6, 6.07) is 11.7. The summed E-state index contributed by atoms with van der Waals surface area (Å²) in [5, 5.41) is 0. The number of benzene rings is 3. The van der Waals surface area contributed by atoms with Crippen molar-refractivity contribution < 1.29 is 68.8 Å². The zero-order valence-electron chi connectivity index (χ0n) is 40.0. The quantitative estimate of drug-likeness (QED) is 0.0570. The third-order valence-corrected chi connectivity index (χ3v) is 10.2. The molecule has 3 rings (SSSR count). The van der Waals surface area contributed by atoms with Crippen LogP contribution in [-0.4, -0.2) is 73.4 Å². The van der Waals surface area contributed by atoms with Crippen LogP contribution in [-0.2, 0) is 21.0 Å². The first kappa shape index (κ1) is 55.0. The van der Waals surface area contributed by atoms with E-state index in [1.165, 1.54) is 0 Å². The van der Waals surface area contributed by atoms with E-state index in [0.717, 1.165) is 14.7 Å². The first-order valence-corrected chi connectivity index (χ1v) is 23.8. The largest absolute Gasteiger partial charge is 0.741 e. The summed E-state index contributed by atoms with van der Waals surface area (Å²) in [4.78, 5) is 2.29. The highest BCUT2D eigenvalue weighted by atomic mass is 32.2. The van der Waals surface area contributed by atoms with Gasteiger partial charge in [0.15, 0.2) is 44.6 Å². The second-order valence-electron chi connectivity index (χ2n) is 17.0. The lowest BCUT2D eigenvalue weighted by Crippen LogP contribution is -2.21. The maximum Gasteiger partial charge on any atom is 0.485 e. The molecule has 0 heterocycles. The van der Waals surface area contributed by atoms with Gasteiger partial charge in [-0.3, -0.25) is 0 Å². The molecule has 3 aromatic rings. The fourth-order valence-corrected chi connectivity index (χ4v) is 8.10. The van der Waals surface area contributed by atoms with Gasteiger partial charge in [0.1, 0.15) is 28.1 Å². The third kappa shape index (κ3) is 17.8. The highest BCUT2D eigenvalue weighted by Crippen LogP contribution is 2.56. The van der Waals surface area contributed by atoms with E-state index in [1.54, 1.807) is 0 Å². The Morgan fingerprint density at radius 1 is 0.381 bits per heavy atom. The Hall–Kier alpha value is -4.09. The number of halogens is 3. The van der Waals surface area contributed by atoms with Crippen LogP contribution in [0.4, 0.5) is 13.2 Å². The van der Waals surface area contributed by atoms with Crippen molar-refractivity contribution in [3.63, 3.8) is 0 Å². The van der Waals surface area contributed by atoms with Crippen LogP contribution < -0.4 is 42.6 Å². The smallest absolute Gasteiger partial charge is 0.485 e. The van der Waals surface area contributed by atoms with E-state index in [1.807, 2.05) is 161 Å². The average molecular weight is 935 g/mol. The Morgan fingerprint density at radius 2 is 0.524 bits per heavy atom. The predicted molar refractivity (Wildman–Crippen MR) is 239 cm³/mol. The first-order valence-electron chi connectivity index (χ1n) is 21.2. The number of hydrogen-bond acceptors (Lipinski definition) is 12. The minimum absolute atomic E-state index is 0.0842. The van der Waals surface area contributed by atoms with E-state index in [4.69, 9.17) is 55.6 Å². The van der Waals surface area contributed by atoms with E-state index < -0.39 is 26.5 Å². The molecule has 358 valence electrons. The summed E-state index contributed by atoms with van der Waals surface area (Å²) in [6.07, 6.45) is -1.39. The molecule has 0 amide bonds. The van der Waals surface area contributed by atoms with Crippen molar-refractivity contribution in [1.82, 2.24) is 0 Å². The maximum absolute atomic E-state index is 10.7. The zero-order valence-corrected chi connectivity index (χ0v) is 41.6. The monoisotopic (exact) mass is 934 g/mol. The van der Waals surface area contributed by atoms with Gasteiger partial charge < -0.3 is 47.2 Å². The molecule has 0 fully saturated rings. The molecule has 0 unspecified atom stereocenters. The molecule has 17 heteroatoms. The minimum Gasteiger partial charge on any atom is -0.741 e. The van der Waals surface area contributed by atoms with Crippen molar-refractivity contribution in [1.29, 1.82) is 0 Å². The molecule has 0 aliphatic rings. The highest BCUT2D eigenvalue weighted by Gasteiger charge is 2.48. The second-order valence-corrected chi connectivity index (χ2v) is 20.2. The summed E-state index contributed by atoms with van der Waals surface area (Å²) >= 11 is 0. The van der Waals surface area contributed by atoms with Gasteiger partial charge in [-0.1, -0.05) is 0 Å². The molecule has 0 aliphatic heterocycles. The van der Waals surface area contributed by atoms with E-state index in [2.05, 4.69) is 0 Å². The predicted octanol–water partition coefficient (Wildman–Crippen LogP) is 11.9. The molecule has 63 heavy (non-hydrogen) atoms. The van der Waals surface area contributed by atoms with Crippen LogP contribution >= 0.6 is 0 Å². The Morgan fingerprint density at radius 3 is 0.635 bits per heavy atom. The van der Waals surface area contributed by atoms with Gasteiger partial charge >= 0.3 is 5.51 Å². The lowest BCUT2D eigenvalue weighted by atomic mass is 10.2. The average Bonchev–Trinajstić information content (AvgIpc) is 3.04. The summed E-state index contributed by atoms with van der Waals surface area (Å²) < 4.78 is 119. The summed E-state index contributed by atoms with van der Waals surface area (Å²) in [7, 11) is -7.25. The molecule has 0 bridgehead atoms. The molecule has 0 radical (unpaired) electrons. The minimum atomic E-state index is -6.09. The topological polar surface area (TPSA) is 140 Å². The van der Waals surface area contributed by atoms with Gasteiger partial charge in [0.2, 0.25) is 0 Å². The maximum atomic E-state index is 10.7. The molecular formula is C46H69F3O12S2. The van der Waals surface area contributed by atoms with Crippen LogP contribution in [0.5, 0.6) is 51.7 Å². The van der Waals surface area contributed by atoms with Crippen molar-refractivity contribution in [2.45, 2.75) is 200 Å². The first-order chi connectivity index (χ1) is 28.9. The fourth-order valence-electron chi connectivity index (χ4n) is 5.64. The van der Waals surface area contributed by atoms with Crippen LogP contribution in [0.3, 0.4) is 0 Å². The van der Waals surface area contributed by atoms with Crippen molar-refractivity contribution in [2.75, 3.05) is 0 Å². The molecule has 0 aromatic heterocycles.